The van der Waals surface area contributed by atoms with Crippen LogP contribution in [0.15, 0.2) is 60.9 Å². The van der Waals surface area contributed by atoms with Gasteiger partial charge in [-0.15, -0.1) is 0 Å². The van der Waals surface area contributed by atoms with Crippen molar-refractivity contribution in [3.63, 3.8) is 0 Å². The quantitative estimate of drug-likeness (QED) is 0.284. The minimum absolute atomic E-state index is 0.162. The standard InChI is InChI=1S/C32H34ClF2N5O3S/c1-20-16-37-17-25(40(20)44(42,43)26-13-14-26)7-4-8-27-28(35)18-38-19-29(27)39-32(41)31(36-2)30(21-9-11-23(33)12-10-21)22-5-3-6-24(34)15-22/h2-3,5-6,9-12,15,18-20,25-26,30-31,37H,4,7-8,13-14,16-17H2,1H3/p+1. The maximum Gasteiger partial charge on any atom is 0.359 e. The van der Waals surface area contributed by atoms with Crippen LogP contribution < -0.4 is 10.6 Å². The number of anilines is 1. The van der Waals surface area contributed by atoms with Gasteiger partial charge in [0.2, 0.25) is 10.0 Å². The van der Waals surface area contributed by atoms with E-state index >= 15 is 4.39 Å². The molecule has 4 unspecified atom stereocenters. The van der Waals surface area contributed by atoms with Crippen LogP contribution in [-0.2, 0) is 21.2 Å². The molecule has 2 heterocycles. The summed E-state index contributed by atoms with van der Waals surface area (Å²) in [6, 6.07) is 10.9. The molecule has 2 fully saturated rings. The van der Waals surface area contributed by atoms with Gasteiger partial charge in [0.1, 0.15) is 11.6 Å². The fourth-order valence-corrected chi connectivity index (χ4v) is 8.38. The average molecular weight is 643 g/mol. The van der Waals surface area contributed by atoms with Crippen molar-refractivity contribution in [3.8, 4) is 6.57 Å². The number of carbonyl (C=O) groups is 1. The number of rotatable bonds is 11. The smallest absolute Gasteiger partial charge is 0.317 e. The lowest BCUT2D eigenvalue weighted by Gasteiger charge is -2.40. The third-order valence-electron chi connectivity index (χ3n) is 8.26. The molecule has 12 heteroatoms. The number of nitrogens with zero attached hydrogens (tertiary/aromatic N) is 3. The molecular weight excluding hydrogens is 608 g/mol. The Morgan fingerprint density at radius 3 is 2.59 bits per heavy atom. The molecule has 1 saturated heterocycles. The third kappa shape index (κ3) is 7.10. The van der Waals surface area contributed by atoms with Crippen LogP contribution in [0.2, 0.25) is 5.02 Å². The number of amides is 1. The summed E-state index contributed by atoms with van der Waals surface area (Å²) < 4.78 is 57.3. The molecule has 1 saturated carbocycles. The molecule has 0 bridgehead atoms. The highest BCUT2D eigenvalue weighted by molar-refractivity contribution is 7.90. The molecule has 44 heavy (non-hydrogen) atoms. The second kappa shape index (κ2) is 13.7. The highest BCUT2D eigenvalue weighted by Gasteiger charge is 2.45. The van der Waals surface area contributed by atoms with Crippen LogP contribution in [0, 0.1) is 18.2 Å². The molecule has 232 valence electrons. The predicted octanol–water partition coefficient (Wildman–Crippen LogP) is 5.59. The topological polar surface area (TPSA) is 95.8 Å². The van der Waals surface area contributed by atoms with Crippen LogP contribution >= 0.6 is 11.6 Å². The van der Waals surface area contributed by atoms with Crippen LogP contribution in [-0.4, -0.2) is 60.1 Å². The van der Waals surface area contributed by atoms with Crippen molar-refractivity contribution in [1.82, 2.24) is 14.6 Å². The molecule has 2 aromatic carbocycles. The first-order chi connectivity index (χ1) is 21.1. The van der Waals surface area contributed by atoms with Crippen LogP contribution in [0.5, 0.6) is 0 Å². The highest BCUT2D eigenvalue weighted by atomic mass is 35.5. The minimum atomic E-state index is -3.39. The molecule has 1 aromatic heterocycles. The first-order valence-electron chi connectivity index (χ1n) is 14.7. The fraction of sp³-hybridized carbons (Fsp3) is 0.406. The Morgan fingerprint density at radius 2 is 1.91 bits per heavy atom. The first-order valence-corrected chi connectivity index (χ1v) is 16.6. The van der Waals surface area contributed by atoms with Gasteiger partial charge in [-0.05, 0) is 74.4 Å². The van der Waals surface area contributed by atoms with Gasteiger partial charge in [-0.2, -0.15) is 4.31 Å². The second-order valence-corrected chi connectivity index (χ2v) is 14.0. The van der Waals surface area contributed by atoms with Gasteiger partial charge in [0.05, 0.1) is 29.2 Å². The van der Waals surface area contributed by atoms with Gasteiger partial charge in [0.15, 0.2) is 0 Å². The largest absolute Gasteiger partial charge is 0.359 e. The highest BCUT2D eigenvalue weighted by Crippen LogP contribution is 2.35. The molecule has 5 rings (SSSR count). The average Bonchev–Trinajstić information content (AvgIpc) is 3.84. The van der Waals surface area contributed by atoms with E-state index < -0.39 is 39.5 Å². The summed E-state index contributed by atoms with van der Waals surface area (Å²) in [6.45, 7) is 8.78. The van der Waals surface area contributed by atoms with Crippen molar-refractivity contribution in [2.24, 2.45) is 0 Å². The number of halogens is 3. The number of sulfonamides is 1. The summed E-state index contributed by atoms with van der Waals surface area (Å²) in [5, 5.41) is 6.23. The molecule has 2 aliphatic rings. The van der Waals surface area contributed by atoms with E-state index in [2.05, 4.69) is 20.5 Å². The summed E-state index contributed by atoms with van der Waals surface area (Å²) in [4.78, 5) is 21.5. The molecule has 1 aliphatic heterocycles. The number of benzene rings is 2. The van der Waals surface area contributed by atoms with Crippen LogP contribution in [0.25, 0.3) is 4.85 Å². The van der Waals surface area contributed by atoms with Crippen molar-refractivity contribution >= 4 is 33.2 Å². The SMILES string of the molecule is C#[N+]C(C(=O)Nc1cncc(F)c1CCCC1CNCC(C)N1S(=O)(=O)C1CC1)C(c1ccc(Cl)cc1)c1cccc(F)c1. The van der Waals surface area contributed by atoms with E-state index in [0.717, 1.165) is 6.20 Å². The maximum atomic E-state index is 15.1. The number of piperazine rings is 1. The van der Waals surface area contributed by atoms with Crippen LogP contribution in [0.1, 0.15) is 55.2 Å². The zero-order valence-electron chi connectivity index (χ0n) is 24.3. The number of carbonyl (C=O) groups excluding carboxylic acids is 1. The Labute approximate surface area is 261 Å². The van der Waals surface area contributed by atoms with E-state index in [1.165, 1.54) is 24.4 Å². The van der Waals surface area contributed by atoms with E-state index in [-0.39, 0.29) is 35.0 Å². The van der Waals surface area contributed by atoms with Crippen LogP contribution in [0.3, 0.4) is 0 Å². The van der Waals surface area contributed by atoms with Gasteiger partial charge >= 0.3 is 11.9 Å². The van der Waals surface area contributed by atoms with Gasteiger partial charge in [0, 0.05) is 35.8 Å². The van der Waals surface area contributed by atoms with Gasteiger partial charge in [-0.1, -0.05) is 40.7 Å². The summed E-state index contributed by atoms with van der Waals surface area (Å²) >= 11 is 6.08. The van der Waals surface area contributed by atoms with E-state index in [0.29, 0.717) is 54.9 Å². The normalized spacial score (nSPS) is 20.4. The summed E-state index contributed by atoms with van der Waals surface area (Å²) in [7, 11) is -3.39. The van der Waals surface area contributed by atoms with E-state index in [1.807, 2.05) is 6.92 Å². The number of hydrogen-bond acceptors (Lipinski definition) is 5. The number of hydrogen-bond donors (Lipinski definition) is 2. The minimum Gasteiger partial charge on any atom is -0.317 e. The predicted molar refractivity (Wildman–Crippen MR) is 167 cm³/mol. The Kier molecular flexibility index (Phi) is 9.95. The van der Waals surface area contributed by atoms with Crippen molar-refractivity contribution in [2.75, 3.05) is 18.4 Å². The molecule has 3 aromatic rings. The molecule has 1 amide bonds. The fourth-order valence-electron chi connectivity index (χ4n) is 6.00. The zero-order chi connectivity index (χ0) is 31.4. The third-order valence-corrected chi connectivity index (χ3v) is 11.1. The first kappa shape index (κ1) is 32.0. The van der Waals surface area contributed by atoms with Gasteiger partial charge in [-0.25, -0.2) is 17.2 Å². The Morgan fingerprint density at radius 1 is 1.16 bits per heavy atom. The van der Waals surface area contributed by atoms with E-state index in [9.17, 15) is 17.6 Å². The molecule has 1 aliphatic carbocycles. The monoisotopic (exact) mass is 642 g/mol. The van der Waals surface area contributed by atoms with Gasteiger partial charge < -0.3 is 10.6 Å². The van der Waals surface area contributed by atoms with Crippen molar-refractivity contribution < 1.29 is 22.0 Å². The molecule has 2 N–H and O–H groups in total. The maximum absolute atomic E-state index is 15.1. The number of pyridine rings is 1. The Hall–Kier alpha value is -3.43. The summed E-state index contributed by atoms with van der Waals surface area (Å²) in [5.74, 6) is -2.48. The molecule has 0 radical (unpaired) electrons. The number of nitrogens with one attached hydrogen (secondary N) is 2. The summed E-state index contributed by atoms with van der Waals surface area (Å²) in [5.41, 5.74) is 1.51. The summed E-state index contributed by atoms with van der Waals surface area (Å²) in [6.07, 6.45) is 5.03. The van der Waals surface area contributed by atoms with Crippen LogP contribution in [0.4, 0.5) is 14.5 Å². The lowest BCUT2D eigenvalue weighted by molar-refractivity contribution is -0.116. The molecule has 0 spiro atoms. The van der Waals surface area contributed by atoms with Crippen molar-refractivity contribution in [3.05, 3.63) is 99.1 Å². The van der Waals surface area contributed by atoms with Gasteiger partial charge in [-0.3, -0.25) is 9.78 Å². The zero-order valence-corrected chi connectivity index (χ0v) is 25.9. The van der Waals surface area contributed by atoms with E-state index in [1.54, 1.807) is 34.6 Å². The number of aromatic nitrogens is 1. The second-order valence-electron chi connectivity index (χ2n) is 11.4. The Balaban J connectivity index is 1.34. The van der Waals surface area contributed by atoms with Gasteiger partial charge in [0.25, 0.3) is 6.57 Å². The molecule has 4 atom stereocenters. The lowest BCUT2D eigenvalue weighted by Crippen LogP contribution is -2.58. The van der Waals surface area contributed by atoms with E-state index in [4.69, 9.17) is 18.2 Å². The van der Waals surface area contributed by atoms with Crippen molar-refractivity contribution in [2.45, 2.75) is 68.3 Å². The van der Waals surface area contributed by atoms with Crippen molar-refractivity contribution in [1.29, 1.82) is 0 Å². The Bertz CT molecular complexity index is 1650. The molecule has 8 nitrogen and oxygen atoms in total. The lowest BCUT2D eigenvalue weighted by atomic mass is 9.84. The molecular formula is C32H35ClF2N5O3S+.